The highest BCUT2D eigenvalue weighted by molar-refractivity contribution is 6.32. The van der Waals surface area contributed by atoms with Gasteiger partial charge in [0.2, 0.25) is 5.96 Å². The van der Waals surface area contributed by atoms with E-state index in [1.54, 1.807) is 18.2 Å². The Hall–Kier alpha value is -2.20. The molecular formula is C26H38ClFN6O2. The minimum Gasteiger partial charge on any atom is -0.486 e. The van der Waals surface area contributed by atoms with E-state index in [1.165, 1.54) is 19.8 Å². The highest BCUT2D eigenvalue weighted by Crippen LogP contribution is 2.38. The van der Waals surface area contributed by atoms with E-state index in [9.17, 15) is 9.50 Å². The molecule has 4 N–H and O–H groups in total. The zero-order valence-electron chi connectivity index (χ0n) is 21.4. The van der Waals surface area contributed by atoms with E-state index in [1.807, 2.05) is 0 Å². The van der Waals surface area contributed by atoms with Gasteiger partial charge < -0.3 is 25.8 Å². The number of hydrogen-bond acceptors (Lipinski definition) is 6. The minimum absolute atomic E-state index is 0.0542. The number of fused-ring (bicyclic) bond motifs is 1. The van der Waals surface area contributed by atoms with E-state index in [0.29, 0.717) is 35.5 Å². The highest BCUT2D eigenvalue weighted by Gasteiger charge is 2.43. The predicted molar refractivity (Wildman–Crippen MR) is 144 cm³/mol. The number of piperidine rings is 2. The van der Waals surface area contributed by atoms with Crippen LogP contribution in [0.1, 0.15) is 52.9 Å². The van der Waals surface area contributed by atoms with Crippen molar-refractivity contribution in [1.82, 2.24) is 15.5 Å². The lowest BCUT2D eigenvalue weighted by atomic mass is 9.84. The van der Waals surface area contributed by atoms with Gasteiger partial charge in [-0.05, 0) is 90.9 Å². The Morgan fingerprint density at radius 1 is 1.36 bits per heavy atom. The van der Waals surface area contributed by atoms with E-state index < -0.39 is 11.9 Å². The average Bonchev–Trinajstić information content (AvgIpc) is 3.30. The Balaban J connectivity index is 1.43. The number of allylic oxidation sites excluding steroid dienone is 1. The molecule has 0 aliphatic carbocycles. The Kier molecular flexibility index (Phi) is 8.55. The summed E-state index contributed by atoms with van der Waals surface area (Å²) in [6, 6.07) is 5.81. The number of aliphatic hydroxyl groups is 1. The van der Waals surface area contributed by atoms with Crippen LogP contribution in [0, 0.1) is 0 Å². The van der Waals surface area contributed by atoms with Gasteiger partial charge in [-0.2, -0.15) is 4.99 Å². The number of nitrogens with one attached hydrogen (secondary N) is 3. The van der Waals surface area contributed by atoms with Crippen LogP contribution in [0.3, 0.4) is 0 Å². The van der Waals surface area contributed by atoms with Gasteiger partial charge >= 0.3 is 0 Å². The second kappa shape index (κ2) is 11.5. The maximum atomic E-state index is 14.5. The first kappa shape index (κ1) is 26.9. The number of aliphatic imine (C=N–C) groups is 2. The first-order chi connectivity index (χ1) is 17.2. The van der Waals surface area contributed by atoms with Crippen LogP contribution in [0.5, 0.6) is 5.75 Å². The van der Waals surface area contributed by atoms with E-state index >= 15 is 0 Å². The zero-order valence-corrected chi connectivity index (χ0v) is 22.1. The second-order valence-corrected chi connectivity index (χ2v) is 11.0. The normalized spacial score (nSPS) is 29.2. The van der Waals surface area contributed by atoms with Gasteiger partial charge in [-0.25, -0.2) is 9.38 Å². The maximum Gasteiger partial charge on any atom is 0.228 e. The van der Waals surface area contributed by atoms with Crippen LogP contribution in [0.25, 0.3) is 0 Å². The maximum absolute atomic E-state index is 14.5. The van der Waals surface area contributed by atoms with Crippen molar-refractivity contribution < 1.29 is 14.2 Å². The number of guanidine groups is 1. The molecule has 8 nitrogen and oxygen atoms in total. The van der Waals surface area contributed by atoms with Gasteiger partial charge in [0.15, 0.2) is 5.82 Å². The molecule has 4 atom stereocenters. The third-order valence-corrected chi connectivity index (χ3v) is 7.64. The predicted octanol–water partition coefficient (Wildman–Crippen LogP) is 4.06. The van der Waals surface area contributed by atoms with Crippen molar-refractivity contribution >= 4 is 30.0 Å². The lowest BCUT2D eigenvalue weighted by molar-refractivity contribution is 0.0163. The molecule has 10 heteroatoms. The van der Waals surface area contributed by atoms with Crippen molar-refractivity contribution in [2.24, 2.45) is 9.98 Å². The standard InChI is InChI=1S/C26H38ClFN6O2/c1-16(28)24(31-18-12-19-6-5-11-34(19)26(2,3)14-18)33-25(29-4)32-17-7-8-22(20(27)13-17)36-23-9-10-30-15-21(23)35/h7-8,13,18-19,21,23,30-31,35H,4-6,9-12,14-15H2,1-3H3,(H,32,33)/b24-16+/t18-,19+,21?,23?/m1/s1. The summed E-state index contributed by atoms with van der Waals surface area (Å²) in [6.45, 7) is 11.9. The van der Waals surface area contributed by atoms with E-state index in [4.69, 9.17) is 16.3 Å². The molecule has 0 saturated carbocycles. The molecule has 3 aliphatic heterocycles. The van der Waals surface area contributed by atoms with Crippen LogP contribution in [0.2, 0.25) is 5.02 Å². The topological polar surface area (TPSA) is 93.5 Å². The fourth-order valence-corrected chi connectivity index (χ4v) is 5.88. The summed E-state index contributed by atoms with van der Waals surface area (Å²) >= 11 is 6.44. The smallest absolute Gasteiger partial charge is 0.228 e. The molecule has 1 aromatic carbocycles. The summed E-state index contributed by atoms with van der Waals surface area (Å²) in [6.07, 6.45) is 4.04. The Morgan fingerprint density at radius 2 is 2.17 bits per heavy atom. The first-order valence-corrected chi connectivity index (χ1v) is 13.1. The fraction of sp³-hybridized carbons (Fsp3) is 0.615. The van der Waals surface area contributed by atoms with Crippen molar-refractivity contribution in [2.75, 3.05) is 25.0 Å². The molecule has 3 aliphatic rings. The molecule has 0 bridgehead atoms. The van der Waals surface area contributed by atoms with Crippen molar-refractivity contribution in [3.05, 3.63) is 34.9 Å². The summed E-state index contributed by atoms with van der Waals surface area (Å²) < 4.78 is 20.5. The number of halogens is 2. The van der Waals surface area contributed by atoms with Gasteiger partial charge in [0, 0.05) is 29.9 Å². The van der Waals surface area contributed by atoms with Gasteiger partial charge in [0.25, 0.3) is 0 Å². The van der Waals surface area contributed by atoms with Crippen LogP contribution in [-0.4, -0.2) is 72.1 Å². The van der Waals surface area contributed by atoms with E-state index in [0.717, 1.165) is 25.9 Å². The summed E-state index contributed by atoms with van der Waals surface area (Å²) in [5, 5.41) is 20.0. The van der Waals surface area contributed by atoms with Crippen LogP contribution in [-0.2, 0) is 0 Å². The summed E-state index contributed by atoms with van der Waals surface area (Å²) in [7, 11) is 0. The summed E-state index contributed by atoms with van der Waals surface area (Å²) in [5.74, 6) is 0.390. The average molecular weight is 521 g/mol. The second-order valence-electron chi connectivity index (χ2n) is 10.5. The van der Waals surface area contributed by atoms with E-state index in [-0.39, 0.29) is 29.5 Å². The van der Waals surface area contributed by atoms with E-state index in [2.05, 4.69) is 51.4 Å². The molecule has 0 radical (unpaired) electrons. The molecule has 198 valence electrons. The quantitative estimate of drug-likeness (QED) is 0.334. The lowest BCUT2D eigenvalue weighted by Crippen LogP contribution is -2.56. The summed E-state index contributed by atoms with van der Waals surface area (Å²) in [5.41, 5.74) is 0.666. The molecule has 0 amide bonds. The van der Waals surface area contributed by atoms with Crippen LogP contribution in [0.15, 0.2) is 39.8 Å². The van der Waals surface area contributed by atoms with Gasteiger partial charge in [0.05, 0.1) is 5.02 Å². The number of rotatable bonds is 6. The summed E-state index contributed by atoms with van der Waals surface area (Å²) in [4.78, 5) is 11.0. The minimum atomic E-state index is -0.593. The monoisotopic (exact) mass is 520 g/mol. The molecule has 2 unspecified atom stereocenters. The molecule has 0 aromatic heterocycles. The molecular weight excluding hydrogens is 483 g/mol. The number of nitrogens with zero attached hydrogens (tertiary/aromatic N) is 3. The van der Waals surface area contributed by atoms with Crippen LogP contribution < -0.4 is 20.7 Å². The van der Waals surface area contributed by atoms with Gasteiger partial charge in [-0.15, -0.1) is 0 Å². The third-order valence-electron chi connectivity index (χ3n) is 7.35. The van der Waals surface area contributed by atoms with Gasteiger partial charge in [0.1, 0.15) is 23.8 Å². The Bertz CT molecular complexity index is 1010. The van der Waals surface area contributed by atoms with Crippen molar-refractivity contribution in [3.63, 3.8) is 0 Å². The highest BCUT2D eigenvalue weighted by atomic mass is 35.5. The largest absolute Gasteiger partial charge is 0.486 e. The van der Waals surface area contributed by atoms with Gasteiger partial charge in [-0.1, -0.05) is 11.6 Å². The molecule has 36 heavy (non-hydrogen) atoms. The number of β-amino-alcohol motifs (C(OH)–C–C–N with tert-alkyl or cyclic N) is 1. The molecule has 0 spiro atoms. The lowest BCUT2D eigenvalue weighted by Gasteiger charge is -2.48. The molecule has 3 heterocycles. The fourth-order valence-electron chi connectivity index (χ4n) is 5.65. The van der Waals surface area contributed by atoms with Gasteiger partial charge in [-0.3, -0.25) is 4.90 Å². The number of ether oxygens (including phenoxy) is 1. The van der Waals surface area contributed by atoms with Crippen molar-refractivity contribution in [1.29, 1.82) is 0 Å². The molecule has 3 fully saturated rings. The number of aliphatic hydroxyl groups excluding tert-OH is 1. The van der Waals surface area contributed by atoms with Crippen LogP contribution >= 0.6 is 11.6 Å². The van der Waals surface area contributed by atoms with Crippen molar-refractivity contribution in [3.8, 4) is 5.75 Å². The number of benzene rings is 1. The zero-order chi connectivity index (χ0) is 25.9. The Morgan fingerprint density at radius 3 is 2.86 bits per heavy atom. The first-order valence-electron chi connectivity index (χ1n) is 12.7. The van der Waals surface area contributed by atoms with Crippen molar-refractivity contribution in [2.45, 2.75) is 82.7 Å². The third kappa shape index (κ3) is 6.37. The van der Waals surface area contributed by atoms with Crippen LogP contribution in [0.4, 0.5) is 10.1 Å². The molecule has 4 rings (SSSR count). The number of hydrogen-bond donors (Lipinski definition) is 4. The molecule has 3 saturated heterocycles. The SMILES string of the molecule is C=NC(=N/C(N[C@@H]1C[C@@H]2CCCN2C(C)(C)C1)=C(\C)F)Nc1ccc(OC2CCNCC2O)c(Cl)c1. The number of anilines is 1. The Labute approximate surface area is 218 Å². The molecule has 1 aromatic rings.